The Morgan fingerprint density at radius 1 is 1.39 bits per heavy atom. The number of hydrogen-bond acceptors (Lipinski definition) is 5. The lowest BCUT2D eigenvalue weighted by Crippen LogP contribution is -1.93. The molecule has 5 heteroatoms. The van der Waals surface area contributed by atoms with E-state index in [1.807, 2.05) is 37.3 Å². The maximum absolute atomic E-state index is 5.68. The minimum Gasteiger partial charge on any atom is -0.399 e. The number of ether oxygens (including phenoxy) is 1. The topological polar surface area (TPSA) is 74.2 Å². The predicted molar refractivity (Wildman–Crippen MR) is 69.4 cm³/mol. The van der Waals surface area contributed by atoms with Gasteiger partial charge in [-0.25, -0.2) is 0 Å². The third kappa shape index (κ3) is 3.43. The predicted octanol–water partition coefficient (Wildman–Crippen LogP) is 2.36. The Balaban J connectivity index is 2.02. The summed E-state index contributed by atoms with van der Waals surface area (Å²) in [6.45, 7) is 2.91. The molecular formula is C13H15N3O2. The third-order valence-corrected chi connectivity index (χ3v) is 2.25. The first-order valence-electron chi connectivity index (χ1n) is 5.72. The summed E-state index contributed by atoms with van der Waals surface area (Å²) in [6, 6.07) is 7.55. The molecule has 2 aromatic rings. The highest BCUT2D eigenvalue weighted by Gasteiger charge is 2.02. The molecule has 94 valence electrons. The van der Waals surface area contributed by atoms with Crippen LogP contribution in [0.1, 0.15) is 24.2 Å². The Hall–Kier alpha value is -2.14. The smallest absolute Gasteiger partial charge is 0.250 e. The third-order valence-electron chi connectivity index (χ3n) is 2.25. The standard InChI is InChI=1S/C13H15N3O2/c1-2-17-9-12-15-13(18-16-12)7-6-10-4-3-5-11(14)8-10/h3-8H,2,9,14H2,1H3/b7-6+. The molecule has 0 aliphatic carbocycles. The van der Waals surface area contributed by atoms with Gasteiger partial charge in [-0.1, -0.05) is 17.3 Å². The van der Waals surface area contributed by atoms with E-state index >= 15 is 0 Å². The average molecular weight is 245 g/mol. The van der Waals surface area contributed by atoms with Crippen molar-refractivity contribution in [1.29, 1.82) is 0 Å². The molecular weight excluding hydrogens is 230 g/mol. The quantitative estimate of drug-likeness (QED) is 0.818. The van der Waals surface area contributed by atoms with Crippen LogP contribution in [0.15, 0.2) is 28.8 Å². The second kappa shape index (κ2) is 5.97. The van der Waals surface area contributed by atoms with Crippen molar-refractivity contribution in [2.75, 3.05) is 12.3 Å². The zero-order valence-corrected chi connectivity index (χ0v) is 10.2. The van der Waals surface area contributed by atoms with E-state index in [9.17, 15) is 0 Å². The van der Waals surface area contributed by atoms with Crippen LogP contribution in [0.3, 0.4) is 0 Å². The van der Waals surface area contributed by atoms with Gasteiger partial charge in [0.15, 0.2) is 5.82 Å². The molecule has 0 spiro atoms. The first-order chi connectivity index (χ1) is 8.78. The molecule has 1 heterocycles. The molecule has 2 rings (SSSR count). The lowest BCUT2D eigenvalue weighted by Gasteiger charge is -1.94. The van der Waals surface area contributed by atoms with Gasteiger partial charge < -0.3 is 15.0 Å². The number of rotatable bonds is 5. The zero-order valence-electron chi connectivity index (χ0n) is 10.2. The van der Waals surface area contributed by atoms with Gasteiger partial charge in [-0.15, -0.1) is 0 Å². The molecule has 0 amide bonds. The molecule has 18 heavy (non-hydrogen) atoms. The van der Waals surface area contributed by atoms with Gasteiger partial charge in [0.1, 0.15) is 6.61 Å². The molecule has 0 unspecified atom stereocenters. The van der Waals surface area contributed by atoms with Gasteiger partial charge in [0.2, 0.25) is 0 Å². The van der Waals surface area contributed by atoms with Crippen LogP contribution in [0.25, 0.3) is 12.2 Å². The lowest BCUT2D eigenvalue weighted by atomic mass is 10.2. The van der Waals surface area contributed by atoms with Gasteiger partial charge in [0.05, 0.1) is 0 Å². The average Bonchev–Trinajstić information content (AvgIpc) is 2.82. The van der Waals surface area contributed by atoms with E-state index in [1.54, 1.807) is 6.08 Å². The van der Waals surface area contributed by atoms with Crippen LogP contribution < -0.4 is 5.73 Å². The number of nitrogens with zero attached hydrogens (tertiary/aromatic N) is 2. The molecule has 5 nitrogen and oxygen atoms in total. The molecule has 0 bridgehead atoms. The van der Waals surface area contributed by atoms with E-state index in [0.29, 0.717) is 24.9 Å². The molecule has 0 radical (unpaired) electrons. The number of benzene rings is 1. The Morgan fingerprint density at radius 3 is 3.06 bits per heavy atom. The maximum atomic E-state index is 5.68. The normalized spacial score (nSPS) is 11.2. The molecule has 2 N–H and O–H groups in total. The lowest BCUT2D eigenvalue weighted by molar-refractivity contribution is 0.126. The number of nitrogens with two attached hydrogens (primary N) is 1. The number of hydrogen-bond donors (Lipinski definition) is 1. The summed E-state index contributed by atoms with van der Waals surface area (Å²) in [4.78, 5) is 4.16. The van der Waals surface area contributed by atoms with Crippen LogP contribution in [0.5, 0.6) is 0 Å². The molecule has 0 saturated carbocycles. The summed E-state index contributed by atoms with van der Waals surface area (Å²) in [7, 11) is 0. The highest BCUT2D eigenvalue weighted by Crippen LogP contribution is 2.10. The number of aromatic nitrogens is 2. The van der Waals surface area contributed by atoms with Crippen LogP contribution in [-0.4, -0.2) is 16.7 Å². The molecule has 0 saturated heterocycles. The van der Waals surface area contributed by atoms with E-state index in [0.717, 1.165) is 11.3 Å². The fraction of sp³-hybridized carbons (Fsp3) is 0.231. The maximum Gasteiger partial charge on any atom is 0.250 e. The highest BCUT2D eigenvalue weighted by molar-refractivity contribution is 5.67. The summed E-state index contributed by atoms with van der Waals surface area (Å²) in [5, 5.41) is 3.80. The summed E-state index contributed by atoms with van der Waals surface area (Å²) >= 11 is 0. The van der Waals surface area contributed by atoms with E-state index < -0.39 is 0 Å². The molecule has 0 atom stereocenters. The van der Waals surface area contributed by atoms with E-state index in [4.69, 9.17) is 15.0 Å². The summed E-state index contributed by atoms with van der Waals surface area (Å²) in [5.41, 5.74) is 7.39. The van der Waals surface area contributed by atoms with Crippen LogP contribution in [0.2, 0.25) is 0 Å². The van der Waals surface area contributed by atoms with Crippen molar-refractivity contribution >= 4 is 17.8 Å². The molecule has 1 aromatic heterocycles. The fourth-order valence-electron chi connectivity index (χ4n) is 1.42. The largest absolute Gasteiger partial charge is 0.399 e. The zero-order chi connectivity index (χ0) is 12.8. The summed E-state index contributed by atoms with van der Waals surface area (Å²) < 4.78 is 10.2. The molecule has 0 fully saturated rings. The first kappa shape index (κ1) is 12.3. The van der Waals surface area contributed by atoms with E-state index in [1.165, 1.54) is 0 Å². The Morgan fingerprint density at radius 2 is 2.28 bits per heavy atom. The van der Waals surface area contributed by atoms with Gasteiger partial charge in [-0.2, -0.15) is 4.98 Å². The Kier molecular flexibility index (Phi) is 4.09. The number of anilines is 1. The van der Waals surface area contributed by atoms with Crippen LogP contribution in [-0.2, 0) is 11.3 Å². The van der Waals surface area contributed by atoms with Crippen molar-refractivity contribution in [3.63, 3.8) is 0 Å². The van der Waals surface area contributed by atoms with Crippen LogP contribution in [0, 0.1) is 0 Å². The van der Waals surface area contributed by atoms with Crippen molar-refractivity contribution in [1.82, 2.24) is 10.1 Å². The van der Waals surface area contributed by atoms with Gasteiger partial charge in [0.25, 0.3) is 5.89 Å². The van der Waals surface area contributed by atoms with Crippen molar-refractivity contribution < 1.29 is 9.26 Å². The summed E-state index contributed by atoms with van der Waals surface area (Å²) in [6.07, 6.45) is 3.62. The first-order valence-corrected chi connectivity index (χ1v) is 5.72. The summed E-state index contributed by atoms with van der Waals surface area (Å²) in [5.74, 6) is 0.996. The highest BCUT2D eigenvalue weighted by atomic mass is 16.5. The monoisotopic (exact) mass is 245 g/mol. The van der Waals surface area contributed by atoms with Crippen molar-refractivity contribution in [2.45, 2.75) is 13.5 Å². The van der Waals surface area contributed by atoms with Gasteiger partial charge in [0, 0.05) is 18.4 Å². The number of nitrogen functional groups attached to an aromatic ring is 1. The van der Waals surface area contributed by atoms with Gasteiger partial charge in [-0.05, 0) is 30.7 Å². The van der Waals surface area contributed by atoms with Crippen molar-refractivity contribution in [3.05, 3.63) is 41.5 Å². The SMILES string of the molecule is CCOCc1noc(/C=C/c2cccc(N)c2)n1. The van der Waals surface area contributed by atoms with E-state index in [-0.39, 0.29) is 0 Å². The minimum atomic E-state index is 0.367. The van der Waals surface area contributed by atoms with Crippen molar-refractivity contribution in [2.24, 2.45) is 0 Å². The molecule has 0 aliphatic heterocycles. The Bertz CT molecular complexity index is 535. The second-order valence-corrected chi connectivity index (χ2v) is 3.69. The molecule has 0 aliphatic rings. The van der Waals surface area contributed by atoms with Crippen LogP contribution >= 0.6 is 0 Å². The van der Waals surface area contributed by atoms with Gasteiger partial charge >= 0.3 is 0 Å². The van der Waals surface area contributed by atoms with Crippen molar-refractivity contribution in [3.8, 4) is 0 Å². The fourth-order valence-corrected chi connectivity index (χ4v) is 1.42. The molecule has 1 aromatic carbocycles. The van der Waals surface area contributed by atoms with Gasteiger partial charge in [-0.3, -0.25) is 0 Å². The van der Waals surface area contributed by atoms with Crippen LogP contribution in [0.4, 0.5) is 5.69 Å². The minimum absolute atomic E-state index is 0.367. The van der Waals surface area contributed by atoms with E-state index in [2.05, 4.69) is 10.1 Å². The second-order valence-electron chi connectivity index (χ2n) is 3.69. The Labute approximate surface area is 105 Å².